The molecule has 0 aliphatic heterocycles. The van der Waals surface area contributed by atoms with E-state index in [0.717, 1.165) is 11.1 Å². The molecule has 2 rings (SSSR count). The Kier molecular flexibility index (Phi) is 6.44. The molecule has 8 heteroatoms. The molecule has 0 bridgehead atoms. The van der Waals surface area contributed by atoms with Gasteiger partial charge in [0.05, 0.1) is 0 Å². The first-order valence-electron chi connectivity index (χ1n) is 8.09. The molecular formula is C19H19F3N2O3. The number of rotatable bonds is 6. The Morgan fingerprint density at radius 1 is 1.00 bits per heavy atom. The molecule has 0 heterocycles. The third kappa shape index (κ3) is 6.32. The first-order valence-corrected chi connectivity index (χ1v) is 8.09. The van der Waals surface area contributed by atoms with E-state index in [9.17, 15) is 22.8 Å². The van der Waals surface area contributed by atoms with Crippen LogP contribution < -0.4 is 15.4 Å². The maximum atomic E-state index is 12.2. The molecule has 0 spiro atoms. The molecule has 5 nitrogen and oxygen atoms in total. The lowest BCUT2D eigenvalue weighted by atomic mass is 10.1. The second kappa shape index (κ2) is 8.57. The van der Waals surface area contributed by atoms with Gasteiger partial charge in [-0.3, -0.25) is 9.59 Å². The van der Waals surface area contributed by atoms with Crippen molar-refractivity contribution in [2.75, 3.05) is 11.9 Å². The number of carbonyl (C=O) groups is 2. The Bertz CT molecular complexity index is 818. The van der Waals surface area contributed by atoms with Crippen LogP contribution in [0.5, 0.6) is 5.75 Å². The summed E-state index contributed by atoms with van der Waals surface area (Å²) in [6.45, 7) is 3.96. The van der Waals surface area contributed by atoms with Crippen molar-refractivity contribution in [3.8, 4) is 5.75 Å². The highest BCUT2D eigenvalue weighted by Gasteiger charge is 2.38. The first-order chi connectivity index (χ1) is 12.6. The fourth-order valence-electron chi connectivity index (χ4n) is 2.11. The van der Waals surface area contributed by atoms with E-state index in [-0.39, 0.29) is 24.7 Å². The van der Waals surface area contributed by atoms with E-state index in [1.165, 1.54) is 24.3 Å². The first kappa shape index (κ1) is 20.3. The normalized spacial score (nSPS) is 11.0. The number of alkyl halides is 3. The molecule has 2 aromatic carbocycles. The van der Waals surface area contributed by atoms with Crippen molar-refractivity contribution in [1.29, 1.82) is 0 Å². The van der Waals surface area contributed by atoms with Crippen LogP contribution in [0.4, 0.5) is 18.9 Å². The van der Waals surface area contributed by atoms with Crippen LogP contribution >= 0.6 is 0 Å². The summed E-state index contributed by atoms with van der Waals surface area (Å²) in [5.41, 5.74) is 2.87. The average molecular weight is 380 g/mol. The van der Waals surface area contributed by atoms with Crippen LogP contribution in [0.15, 0.2) is 42.5 Å². The zero-order valence-electron chi connectivity index (χ0n) is 14.8. The molecule has 144 valence electrons. The number of hydrogen-bond acceptors (Lipinski definition) is 3. The van der Waals surface area contributed by atoms with Gasteiger partial charge in [-0.1, -0.05) is 18.2 Å². The quantitative estimate of drug-likeness (QED) is 0.806. The van der Waals surface area contributed by atoms with Gasteiger partial charge in [-0.25, -0.2) is 0 Å². The van der Waals surface area contributed by atoms with Crippen LogP contribution in [0.25, 0.3) is 0 Å². The molecule has 2 amide bonds. The van der Waals surface area contributed by atoms with Crippen LogP contribution in [0.3, 0.4) is 0 Å². The second-order valence-electron chi connectivity index (χ2n) is 5.96. The van der Waals surface area contributed by atoms with Crippen LogP contribution in [0.2, 0.25) is 0 Å². The van der Waals surface area contributed by atoms with Gasteiger partial charge in [-0.2, -0.15) is 13.2 Å². The van der Waals surface area contributed by atoms with Gasteiger partial charge in [-0.15, -0.1) is 0 Å². The molecule has 2 N–H and O–H groups in total. The summed E-state index contributed by atoms with van der Waals surface area (Å²) < 4.78 is 42.0. The molecule has 0 aliphatic carbocycles. The molecule has 0 radical (unpaired) electrons. The van der Waals surface area contributed by atoms with E-state index in [0.29, 0.717) is 11.3 Å². The highest BCUT2D eigenvalue weighted by molar-refractivity contribution is 5.94. The molecule has 0 aromatic heterocycles. The van der Waals surface area contributed by atoms with Gasteiger partial charge in [0.25, 0.3) is 5.91 Å². The summed E-state index contributed by atoms with van der Waals surface area (Å²) in [4.78, 5) is 22.7. The number of carbonyl (C=O) groups excluding carboxylic acids is 2. The zero-order valence-corrected chi connectivity index (χ0v) is 14.8. The van der Waals surface area contributed by atoms with Crippen molar-refractivity contribution in [2.45, 2.75) is 26.6 Å². The van der Waals surface area contributed by atoms with Gasteiger partial charge in [0.2, 0.25) is 0 Å². The Labute approximate surface area is 154 Å². The Morgan fingerprint density at radius 3 is 2.26 bits per heavy atom. The second-order valence-corrected chi connectivity index (χ2v) is 5.96. The zero-order chi connectivity index (χ0) is 20.0. The highest BCUT2D eigenvalue weighted by atomic mass is 19.4. The molecule has 27 heavy (non-hydrogen) atoms. The number of halogens is 3. The predicted molar refractivity (Wildman–Crippen MR) is 94.4 cm³/mol. The number of aryl methyl sites for hydroxylation is 2. The number of anilines is 1. The standard InChI is InChI=1S/C19H19F3N2O3/c1-12-3-8-16(9-13(12)2)27-11-17(25)23-10-14-4-6-15(7-5-14)24-18(26)19(20,21)22/h3-9H,10-11H2,1-2H3,(H,23,25)(H,24,26). The van der Waals surface area contributed by atoms with Gasteiger partial charge in [0.15, 0.2) is 6.61 Å². The molecular weight excluding hydrogens is 361 g/mol. The van der Waals surface area contributed by atoms with Crippen LogP contribution in [-0.4, -0.2) is 24.6 Å². The topological polar surface area (TPSA) is 67.4 Å². The lowest BCUT2D eigenvalue weighted by Gasteiger charge is -2.10. The number of hydrogen-bond donors (Lipinski definition) is 2. The lowest BCUT2D eigenvalue weighted by molar-refractivity contribution is -0.167. The minimum atomic E-state index is -4.94. The molecule has 0 saturated carbocycles. The van der Waals surface area contributed by atoms with E-state index >= 15 is 0 Å². The van der Waals surface area contributed by atoms with Crippen molar-refractivity contribution >= 4 is 17.5 Å². The molecule has 0 fully saturated rings. The predicted octanol–water partition coefficient (Wildman–Crippen LogP) is 3.50. The molecule has 2 aromatic rings. The van der Waals surface area contributed by atoms with Gasteiger partial charge >= 0.3 is 12.1 Å². The van der Waals surface area contributed by atoms with Crippen LogP contribution in [0.1, 0.15) is 16.7 Å². The monoisotopic (exact) mass is 380 g/mol. The van der Waals surface area contributed by atoms with E-state index in [1.54, 1.807) is 11.4 Å². The van der Waals surface area contributed by atoms with Gasteiger partial charge < -0.3 is 15.4 Å². The van der Waals surface area contributed by atoms with Crippen LogP contribution in [-0.2, 0) is 16.1 Å². The summed E-state index contributed by atoms with van der Waals surface area (Å²) in [5.74, 6) is -1.77. The average Bonchev–Trinajstić information content (AvgIpc) is 2.61. The number of nitrogens with one attached hydrogen (secondary N) is 2. The van der Waals surface area contributed by atoms with E-state index in [1.807, 2.05) is 26.0 Å². The summed E-state index contributed by atoms with van der Waals surface area (Å²) in [5, 5.41) is 4.40. The maximum Gasteiger partial charge on any atom is 0.471 e. The molecule has 0 unspecified atom stereocenters. The lowest BCUT2D eigenvalue weighted by Crippen LogP contribution is -2.30. The van der Waals surface area contributed by atoms with Crippen molar-refractivity contribution in [3.05, 3.63) is 59.2 Å². The number of amides is 2. The SMILES string of the molecule is Cc1ccc(OCC(=O)NCc2ccc(NC(=O)C(F)(F)F)cc2)cc1C. The van der Waals surface area contributed by atoms with Crippen molar-refractivity contribution < 1.29 is 27.5 Å². The minimum Gasteiger partial charge on any atom is -0.484 e. The van der Waals surface area contributed by atoms with Gasteiger partial charge in [0, 0.05) is 12.2 Å². The minimum absolute atomic E-state index is 0.0190. The Morgan fingerprint density at radius 2 is 1.67 bits per heavy atom. The summed E-state index contributed by atoms with van der Waals surface area (Å²) in [6, 6.07) is 11.2. The fourth-order valence-corrected chi connectivity index (χ4v) is 2.11. The Balaban J connectivity index is 1.79. The largest absolute Gasteiger partial charge is 0.484 e. The summed E-state index contributed by atoms with van der Waals surface area (Å²) in [7, 11) is 0. The molecule has 0 atom stereocenters. The molecule has 0 aliphatic rings. The highest BCUT2D eigenvalue weighted by Crippen LogP contribution is 2.19. The van der Waals surface area contributed by atoms with Gasteiger partial charge in [-0.05, 0) is 54.8 Å². The van der Waals surface area contributed by atoms with E-state index in [2.05, 4.69) is 5.32 Å². The summed E-state index contributed by atoms with van der Waals surface area (Å²) in [6.07, 6.45) is -4.94. The van der Waals surface area contributed by atoms with Crippen LogP contribution in [0, 0.1) is 13.8 Å². The fraction of sp³-hybridized carbons (Fsp3) is 0.263. The van der Waals surface area contributed by atoms with Gasteiger partial charge in [0.1, 0.15) is 5.75 Å². The number of benzene rings is 2. The van der Waals surface area contributed by atoms with Crippen molar-refractivity contribution in [3.63, 3.8) is 0 Å². The maximum absolute atomic E-state index is 12.2. The third-order valence-electron chi connectivity index (χ3n) is 3.81. The summed E-state index contributed by atoms with van der Waals surface area (Å²) >= 11 is 0. The third-order valence-corrected chi connectivity index (χ3v) is 3.81. The molecule has 0 saturated heterocycles. The van der Waals surface area contributed by atoms with E-state index < -0.39 is 12.1 Å². The van der Waals surface area contributed by atoms with E-state index in [4.69, 9.17) is 4.74 Å². The Hall–Kier alpha value is -3.03. The smallest absolute Gasteiger partial charge is 0.471 e. The van der Waals surface area contributed by atoms with Crippen molar-refractivity contribution in [1.82, 2.24) is 5.32 Å². The number of ether oxygens (including phenoxy) is 1. The van der Waals surface area contributed by atoms with Crippen molar-refractivity contribution in [2.24, 2.45) is 0 Å².